The van der Waals surface area contributed by atoms with Crippen LogP contribution in [0.5, 0.6) is 0 Å². The lowest BCUT2D eigenvalue weighted by Crippen LogP contribution is -2.45. The van der Waals surface area contributed by atoms with E-state index in [1.807, 2.05) is 0 Å². The summed E-state index contributed by atoms with van der Waals surface area (Å²) in [4.78, 5) is 24.8. The first-order valence-electron chi connectivity index (χ1n) is 5.92. The molecule has 0 rings (SSSR count). The first kappa shape index (κ1) is 16.8. The molecule has 7 nitrogen and oxygen atoms in total. The van der Waals surface area contributed by atoms with Crippen LogP contribution in [-0.4, -0.2) is 70.3 Å². The van der Waals surface area contributed by atoms with Crippen LogP contribution in [0.25, 0.3) is 0 Å². The Morgan fingerprint density at radius 3 is 2.39 bits per heavy atom. The Balaban J connectivity index is 4.23. The monoisotopic (exact) mass is 261 g/mol. The van der Waals surface area contributed by atoms with E-state index in [-0.39, 0.29) is 0 Å². The van der Waals surface area contributed by atoms with Crippen molar-refractivity contribution < 1.29 is 19.1 Å². The van der Waals surface area contributed by atoms with E-state index >= 15 is 0 Å². The van der Waals surface area contributed by atoms with Crippen molar-refractivity contribution in [2.45, 2.75) is 6.42 Å². The lowest BCUT2D eigenvalue weighted by molar-refractivity contribution is -0.146. The fourth-order valence-electron chi connectivity index (χ4n) is 1.32. The van der Waals surface area contributed by atoms with Gasteiger partial charge in [-0.25, -0.2) is 0 Å². The van der Waals surface area contributed by atoms with Crippen LogP contribution in [0.2, 0.25) is 0 Å². The predicted octanol–water partition coefficient (Wildman–Crippen LogP) is -1.43. The summed E-state index contributed by atoms with van der Waals surface area (Å²) in [6.45, 7) is 2.38. The van der Waals surface area contributed by atoms with Gasteiger partial charge in [0.15, 0.2) is 0 Å². The predicted molar refractivity (Wildman–Crippen MR) is 67.0 cm³/mol. The number of hydrogen-bond donors (Lipinski definition) is 2. The molecule has 0 fully saturated rings. The molecule has 0 aromatic rings. The van der Waals surface area contributed by atoms with Crippen molar-refractivity contribution in [3.8, 4) is 0 Å². The highest BCUT2D eigenvalue weighted by atomic mass is 16.5. The molecule has 0 bridgehead atoms. The summed E-state index contributed by atoms with van der Waals surface area (Å²) in [5.41, 5.74) is 5.26. The maximum Gasteiger partial charge on any atom is 0.311 e. The second-order valence-electron chi connectivity index (χ2n) is 3.68. The van der Waals surface area contributed by atoms with Crippen LogP contribution in [0.1, 0.15) is 6.42 Å². The highest BCUT2D eigenvalue weighted by Crippen LogP contribution is 1.94. The molecule has 0 saturated carbocycles. The van der Waals surface area contributed by atoms with Crippen molar-refractivity contribution in [1.29, 1.82) is 0 Å². The first-order valence-corrected chi connectivity index (χ1v) is 5.92. The minimum atomic E-state index is -0.631. The van der Waals surface area contributed by atoms with Gasteiger partial charge >= 0.3 is 11.8 Å². The number of nitrogens with two attached hydrogens (primary N) is 1. The molecule has 0 atom stereocenters. The standard InChI is InChI=1S/C11H23N3O4/c1-17-8-3-6-14(7-9-18-2)11(16)10(15)13-5-4-12/h3-9,12H2,1-2H3,(H,13,15). The van der Waals surface area contributed by atoms with Crippen LogP contribution >= 0.6 is 0 Å². The fourth-order valence-corrected chi connectivity index (χ4v) is 1.32. The number of carbonyl (C=O) groups is 2. The number of rotatable bonds is 9. The third-order valence-corrected chi connectivity index (χ3v) is 2.25. The molecule has 3 N–H and O–H groups in total. The highest BCUT2D eigenvalue weighted by Gasteiger charge is 2.20. The van der Waals surface area contributed by atoms with Crippen LogP contribution in [0.3, 0.4) is 0 Å². The summed E-state index contributed by atoms with van der Waals surface area (Å²) in [5, 5.41) is 2.45. The van der Waals surface area contributed by atoms with Gasteiger partial charge in [0.05, 0.1) is 6.61 Å². The van der Waals surface area contributed by atoms with Gasteiger partial charge in [-0.3, -0.25) is 9.59 Å². The first-order chi connectivity index (χ1) is 8.67. The molecule has 7 heteroatoms. The van der Waals surface area contributed by atoms with Gasteiger partial charge in [0, 0.05) is 47.0 Å². The number of hydrogen-bond acceptors (Lipinski definition) is 5. The van der Waals surface area contributed by atoms with E-state index in [0.29, 0.717) is 45.8 Å². The van der Waals surface area contributed by atoms with Crippen LogP contribution in [0.15, 0.2) is 0 Å². The van der Waals surface area contributed by atoms with Crippen molar-refractivity contribution in [1.82, 2.24) is 10.2 Å². The van der Waals surface area contributed by atoms with Gasteiger partial charge in [-0.1, -0.05) is 0 Å². The summed E-state index contributed by atoms with van der Waals surface area (Å²) >= 11 is 0. The number of carbonyl (C=O) groups excluding carboxylic acids is 2. The second kappa shape index (κ2) is 10.9. The summed E-state index contributed by atoms with van der Waals surface area (Å²) in [6, 6.07) is 0. The number of nitrogens with zero attached hydrogens (tertiary/aromatic N) is 1. The van der Waals surface area contributed by atoms with Crippen LogP contribution in [0, 0.1) is 0 Å². The zero-order valence-electron chi connectivity index (χ0n) is 11.1. The van der Waals surface area contributed by atoms with Gasteiger partial charge < -0.3 is 25.4 Å². The zero-order chi connectivity index (χ0) is 13.8. The van der Waals surface area contributed by atoms with Crippen molar-refractivity contribution in [2.24, 2.45) is 5.73 Å². The number of methoxy groups -OCH3 is 2. The van der Waals surface area contributed by atoms with Gasteiger partial charge in [0.1, 0.15) is 0 Å². The molecule has 0 saturated heterocycles. The van der Waals surface area contributed by atoms with Crippen LogP contribution in [0.4, 0.5) is 0 Å². The maximum atomic E-state index is 11.8. The maximum absolute atomic E-state index is 11.8. The molecule has 18 heavy (non-hydrogen) atoms. The lowest BCUT2D eigenvalue weighted by Gasteiger charge is -2.21. The molecule has 0 radical (unpaired) electrons. The zero-order valence-corrected chi connectivity index (χ0v) is 11.1. The Kier molecular flexibility index (Phi) is 10.2. The molecule has 0 aromatic heterocycles. The quantitative estimate of drug-likeness (QED) is 0.392. The van der Waals surface area contributed by atoms with Gasteiger partial charge in [-0.05, 0) is 6.42 Å². The van der Waals surface area contributed by atoms with Gasteiger partial charge in [0.25, 0.3) is 0 Å². The molecule has 2 amide bonds. The smallest absolute Gasteiger partial charge is 0.311 e. The van der Waals surface area contributed by atoms with E-state index in [1.54, 1.807) is 14.2 Å². The minimum absolute atomic E-state index is 0.292. The van der Waals surface area contributed by atoms with Crippen LogP contribution < -0.4 is 11.1 Å². The molecule has 0 aliphatic heterocycles. The SMILES string of the molecule is COCCCN(CCOC)C(=O)C(=O)NCCN. The Hall–Kier alpha value is -1.18. The van der Waals surface area contributed by atoms with Crippen molar-refractivity contribution in [3.63, 3.8) is 0 Å². The van der Waals surface area contributed by atoms with Crippen molar-refractivity contribution in [2.75, 3.05) is 53.6 Å². The van der Waals surface area contributed by atoms with Crippen molar-refractivity contribution >= 4 is 11.8 Å². The number of nitrogens with one attached hydrogen (secondary N) is 1. The van der Waals surface area contributed by atoms with E-state index in [9.17, 15) is 9.59 Å². The average Bonchev–Trinajstić information content (AvgIpc) is 2.39. The minimum Gasteiger partial charge on any atom is -0.385 e. The summed E-state index contributed by atoms with van der Waals surface area (Å²) < 4.78 is 9.83. The van der Waals surface area contributed by atoms with E-state index in [2.05, 4.69) is 5.32 Å². The topological polar surface area (TPSA) is 93.9 Å². The van der Waals surface area contributed by atoms with Crippen molar-refractivity contribution in [3.05, 3.63) is 0 Å². The molecule has 0 heterocycles. The Morgan fingerprint density at radius 1 is 1.17 bits per heavy atom. The van der Waals surface area contributed by atoms with E-state index in [1.165, 1.54) is 4.90 Å². The third kappa shape index (κ3) is 7.21. The van der Waals surface area contributed by atoms with Gasteiger partial charge in [0.2, 0.25) is 0 Å². The summed E-state index contributed by atoms with van der Waals surface area (Å²) in [5.74, 6) is -1.19. The molecule has 0 aliphatic rings. The highest BCUT2D eigenvalue weighted by molar-refractivity contribution is 6.35. The lowest BCUT2D eigenvalue weighted by atomic mass is 10.3. The molecule has 0 unspecified atom stereocenters. The van der Waals surface area contributed by atoms with Gasteiger partial charge in [-0.2, -0.15) is 0 Å². The normalized spacial score (nSPS) is 10.2. The Labute approximate surface area is 108 Å². The van der Waals surface area contributed by atoms with E-state index in [4.69, 9.17) is 15.2 Å². The Morgan fingerprint density at radius 2 is 1.83 bits per heavy atom. The second-order valence-corrected chi connectivity index (χ2v) is 3.68. The molecule has 0 aromatic carbocycles. The van der Waals surface area contributed by atoms with E-state index < -0.39 is 11.8 Å². The molecule has 106 valence electrons. The number of ether oxygens (including phenoxy) is 2. The van der Waals surface area contributed by atoms with Crippen LogP contribution in [-0.2, 0) is 19.1 Å². The summed E-state index contributed by atoms with van der Waals surface area (Å²) in [7, 11) is 3.14. The largest absolute Gasteiger partial charge is 0.385 e. The molecular formula is C11H23N3O4. The average molecular weight is 261 g/mol. The fraction of sp³-hybridized carbons (Fsp3) is 0.818. The van der Waals surface area contributed by atoms with Gasteiger partial charge in [-0.15, -0.1) is 0 Å². The molecule has 0 spiro atoms. The Bertz CT molecular complexity index is 248. The molecular weight excluding hydrogens is 238 g/mol. The van der Waals surface area contributed by atoms with E-state index in [0.717, 1.165) is 0 Å². The summed E-state index contributed by atoms with van der Waals surface area (Å²) in [6.07, 6.45) is 0.677. The third-order valence-electron chi connectivity index (χ3n) is 2.25. The number of amides is 2. The molecule has 0 aliphatic carbocycles.